The van der Waals surface area contributed by atoms with Crippen LogP contribution in [-0.2, 0) is 6.54 Å². The van der Waals surface area contributed by atoms with Gasteiger partial charge in [-0.15, -0.1) is 0 Å². The lowest BCUT2D eigenvalue weighted by atomic mass is 9.79. The van der Waals surface area contributed by atoms with E-state index in [0.29, 0.717) is 12.6 Å². The van der Waals surface area contributed by atoms with E-state index < -0.39 is 0 Å². The van der Waals surface area contributed by atoms with E-state index in [0.717, 1.165) is 49.5 Å². The molecule has 1 N–H and O–H groups in total. The van der Waals surface area contributed by atoms with Gasteiger partial charge in [-0.25, -0.2) is 4.98 Å². The first kappa shape index (κ1) is 22.2. The van der Waals surface area contributed by atoms with Gasteiger partial charge in [0.05, 0.1) is 12.7 Å². The minimum atomic E-state index is -0.226. The van der Waals surface area contributed by atoms with Crippen molar-refractivity contribution in [1.29, 1.82) is 0 Å². The van der Waals surface area contributed by atoms with Gasteiger partial charge in [0.25, 0.3) is 5.91 Å². The molecule has 0 spiro atoms. The highest BCUT2D eigenvalue weighted by molar-refractivity contribution is 5.91. The Balaban J connectivity index is 1.27. The summed E-state index contributed by atoms with van der Waals surface area (Å²) in [6, 6.07) is 12.0. The monoisotopic (exact) mass is 448 g/mol. The molecule has 1 amide bonds. The Labute approximate surface area is 196 Å². The Kier molecular flexibility index (Phi) is 6.54. The number of likely N-dealkylation sites (tertiary alicyclic amines) is 1. The molecule has 1 saturated carbocycles. The third-order valence-electron chi connectivity index (χ3n) is 7.98. The minimum absolute atomic E-state index is 0.226. The summed E-state index contributed by atoms with van der Waals surface area (Å²) in [6.45, 7) is 7.57. The summed E-state index contributed by atoms with van der Waals surface area (Å²) < 4.78 is 7.62. The Hall–Kier alpha value is -2.60. The first-order chi connectivity index (χ1) is 16.1. The highest BCUT2D eigenvalue weighted by atomic mass is 16.3. The topological polar surface area (TPSA) is 63.3 Å². The maximum absolute atomic E-state index is 12.4. The highest BCUT2D eigenvalue weighted by Crippen LogP contribution is 2.36. The molecule has 33 heavy (non-hydrogen) atoms. The number of hydrogen-bond acceptors (Lipinski definition) is 4. The lowest BCUT2D eigenvalue weighted by Crippen LogP contribution is -2.44. The third-order valence-corrected chi connectivity index (χ3v) is 7.98. The molecule has 2 aliphatic rings. The van der Waals surface area contributed by atoms with E-state index in [9.17, 15) is 4.79 Å². The van der Waals surface area contributed by atoms with Crippen molar-refractivity contribution in [2.45, 2.75) is 71.0 Å². The SMILES string of the molecule is CC(C)C1CCC(N2CCC(n3c(CNC(=O)c4cnco4)cc4ccccc43)CC2)CC1. The normalized spacial score (nSPS) is 22.8. The van der Waals surface area contributed by atoms with Crippen LogP contribution in [0.15, 0.2) is 47.3 Å². The van der Waals surface area contributed by atoms with E-state index in [1.165, 1.54) is 49.2 Å². The number of rotatable bonds is 6. The lowest BCUT2D eigenvalue weighted by molar-refractivity contribution is 0.0881. The number of carbonyl (C=O) groups is 1. The molecule has 5 rings (SSSR count). The van der Waals surface area contributed by atoms with E-state index in [4.69, 9.17) is 4.42 Å². The number of oxazole rings is 1. The van der Waals surface area contributed by atoms with Gasteiger partial charge in [-0.05, 0) is 67.9 Å². The van der Waals surface area contributed by atoms with Crippen molar-refractivity contribution in [3.63, 3.8) is 0 Å². The molecular formula is C27H36N4O2. The fraction of sp³-hybridized carbons (Fsp3) is 0.556. The molecule has 6 nitrogen and oxygen atoms in total. The fourth-order valence-electron chi connectivity index (χ4n) is 6.03. The fourth-order valence-corrected chi connectivity index (χ4v) is 6.03. The predicted molar refractivity (Wildman–Crippen MR) is 130 cm³/mol. The number of fused-ring (bicyclic) bond motifs is 1. The summed E-state index contributed by atoms with van der Waals surface area (Å²) in [5.74, 6) is 1.76. The van der Waals surface area contributed by atoms with Crippen LogP contribution < -0.4 is 5.32 Å². The zero-order valence-electron chi connectivity index (χ0n) is 19.9. The van der Waals surface area contributed by atoms with Gasteiger partial charge in [-0.2, -0.15) is 0 Å². The van der Waals surface area contributed by atoms with Gasteiger partial charge in [0.1, 0.15) is 0 Å². The van der Waals surface area contributed by atoms with E-state index in [1.54, 1.807) is 0 Å². The number of benzene rings is 1. The van der Waals surface area contributed by atoms with Crippen molar-refractivity contribution in [3.8, 4) is 0 Å². The molecule has 3 aromatic rings. The first-order valence-electron chi connectivity index (χ1n) is 12.6. The van der Waals surface area contributed by atoms with Gasteiger partial charge >= 0.3 is 0 Å². The second kappa shape index (κ2) is 9.72. The second-order valence-electron chi connectivity index (χ2n) is 10.2. The van der Waals surface area contributed by atoms with Crippen LogP contribution in [0.5, 0.6) is 0 Å². The molecule has 0 unspecified atom stereocenters. The van der Waals surface area contributed by atoms with Gasteiger partial charge in [-0.3, -0.25) is 4.79 Å². The quantitative estimate of drug-likeness (QED) is 0.548. The number of carbonyl (C=O) groups excluding carboxylic acids is 1. The maximum Gasteiger partial charge on any atom is 0.289 e. The van der Waals surface area contributed by atoms with E-state index in [2.05, 4.69) is 63.9 Å². The van der Waals surface area contributed by atoms with E-state index >= 15 is 0 Å². The number of aromatic nitrogens is 2. The molecular weight excluding hydrogens is 412 g/mol. The lowest BCUT2D eigenvalue weighted by Gasteiger charge is -2.42. The number of nitrogens with one attached hydrogen (secondary N) is 1. The van der Waals surface area contributed by atoms with Crippen LogP contribution in [-0.4, -0.2) is 39.5 Å². The van der Waals surface area contributed by atoms with Gasteiger partial charge in [0.15, 0.2) is 6.39 Å². The molecule has 3 heterocycles. The van der Waals surface area contributed by atoms with Crippen LogP contribution in [0.2, 0.25) is 0 Å². The minimum Gasteiger partial charge on any atom is -0.438 e. The Morgan fingerprint density at radius 3 is 2.55 bits per heavy atom. The standard InChI is InChI=1S/C27H36N4O2/c1-19(2)20-7-9-22(10-8-20)30-13-11-23(12-14-30)31-24(15-21-5-3-4-6-25(21)31)16-29-27(32)26-17-28-18-33-26/h3-6,15,17-20,22-23H,7-14,16H2,1-2H3,(H,29,32). The molecule has 0 bridgehead atoms. The molecule has 1 saturated heterocycles. The summed E-state index contributed by atoms with van der Waals surface area (Å²) >= 11 is 0. The van der Waals surface area contributed by atoms with Crippen LogP contribution >= 0.6 is 0 Å². The molecule has 1 aliphatic heterocycles. The molecule has 1 aromatic carbocycles. The number of piperidine rings is 1. The van der Waals surface area contributed by atoms with Crippen LogP contribution in [0.1, 0.15) is 74.7 Å². The summed E-state index contributed by atoms with van der Waals surface area (Å²) in [5, 5.41) is 4.24. The molecule has 0 radical (unpaired) electrons. The van der Waals surface area contributed by atoms with Gasteiger partial charge in [0.2, 0.25) is 5.76 Å². The van der Waals surface area contributed by atoms with Crippen LogP contribution in [0.4, 0.5) is 0 Å². The van der Waals surface area contributed by atoms with Crippen LogP contribution in [0.25, 0.3) is 10.9 Å². The number of amides is 1. The summed E-state index contributed by atoms with van der Waals surface area (Å²) in [7, 11) is 0. The van der Waals surface area contributed by atoms with Gasteiger partial charge in [-0.1, -0.05) is 32.0 Å². The van der Waals surface area contributed by atoms with Crippen molar-refractivity contribution in [2.75, 3.05) is 13.1 Å². The Bertz CT molecular complexity index is 1060. The van der Waals surface area contributed by atoms with Gasteiger partial charge < -0.3 is 19.2 Å². The number of nitrogens with zero attached hydrogens (tertiary/aromatic N) is 3. The zero-order chi connectivity index (χ0) is 22.8. The van der Waals surface area contributed by atoms with Crippen molar-refractivity contribution in [2.24, 2.45) is 11.8 Å². The smallest absolute Gasteiger partial charge is 0.289 e. The molecule has 6 heteroatoms. The largest absolute Gasteiger partial charge is 0.438 e. The first-order valence-corrected chi connectivity index (χ1v) is 12.6. The number of hydrogen-bond donors (Lipinski definition) is 1. The van der Waals surface area contributed by atoms with Crippen molar-refractivity contribution in [1.82, 2.24) is 19.8 Å². The zero-order valence-corrected chi connectivity index (χ0v) is 19.9. The van der Waals surface area contributed by atoms with Crippen LogP contribution in [0.3, 0.4) is 0 Å². The molecule has 176 valence electrons. The van der Waals surface area contributed by atoms with Gasteiger partial charge in [0, 0.05) is 36.4 Å². The summed E-state index contributed by atoms with van der Waals surface area (Å²) in [5.41, 5.74) is 2.41. The average Bonchev–Trinajstić information content (AvgIpc) is 3.51. The van der Waals surface area contributed by atoms with E-state index in [-0.39, 0.29) is 11.7 Å². The van der Waals surface area contributed by atoms with Crippen molar-refractivity contribution < 1.29 is 9.21 Å². The maximum atomic E-state index is 12.4. The average molecular weight is 449 g/mol. The van der Waals surface area contributed by atoms with E-state index in [1.807, 2.05) is 0 Å². The third kappa shape index (κ3) is 4.72. The Morgan fingerprint density at radius 2 is 1.85 bits per heavy atom. The van der Waals surface area contributed by atoms with Crippen LogP contribution in [0, 0.1) is 11.8 Å². The summed E-state index contributed by atoms with van der Waals surface area (Å²) in [6.07, 6.45) is 10.6. The highest BCUT2D eigenvalue weighted by Gasteiger charge is 2.31. The van der Waals surface area contributed by atoms with Crippen molar-refractivity contribution in [3.05, 3.63) is 54.4 Å². The molecule has 1 aliphatic carbocycles. The second-order valence-corrected chi connectivity index (χ2v) is 10.2. The molecule has 2 aromatic heterocycles. The Morgan fingerprint density at radius 1 is 1.09 bits per heavy atom. The van der Waals surface area contributed by atoms with Crippen molar-refractivity contribution >= 4 is 16.8 Å². The molecule has 0 atom stereocenters. The predicted octanol–water partition coefficient (Wildman–Crippen LogP) is 5.41. The number of para-hydroxylation sites is 1. The summed E-state index contributed by atoms with van der Waals surface area (Å²) in [4.78, 5) is 19.0. The molecule has 2 fully saturated rings.